The molecule has 20 aromatic rings. The van der Waals surface area contributed by atoms with Crippen molar-refractivity contribution in [2.75, 3.05) is 0 Å². The van der Waals surface area contributed by atoms with E-state index in [1.807, 2.05) is 65.1 Å². The first kappa shape index (κ1) is 56.0. The lowest BCUT2D eigenvalue weighted by molar-refractivity contribution is 0.426. The quantitative estimate of drug-likeness (QED) is 0.163. The van der Waals surface area contributed by atoms with Crippen molar-refractivity contribution < 1.29 is 10.0 Å². The van der Waals surface area contributed by atoms with Gasteiger partial charge in [-0.15, -0.1) is 22.7 Å². The van der Waals surface area contributed by atoms with Gasteiger partial charge in [-0.05, 0) is 142 Å². The summed E-state index contributed by atoms with van der Waals surface area (Å²) in [6.07, 6.45) is 0. The number of para-hydroxylation sites is 8. The summed E-state index contributed by atoms with van der Waals surface area (Å²) in [4.78, 5) is 0. The average Bonchev–Trinajstić information content (AvgIpc) is 1.60. The van der Waals surface area contributed by atoms with Gasteiger partial charge >= 0.3 is 7.12 Å². The number of fused-ring (bicyclic) bond motifs is 20. The van der Waals surface area contributed by atoms with Gasteiger partial charge in [-0.3, -0.25) is 0 Å². The van der Waals surface area contributed by atoms with Crippen molar-refractivity contribution in [3.8, 4) is 33.9 Å². The number of nitrogens with zero attached hydrogens (tertiary/aromatic N) is 4. The summed E-state index contributed by atoms with van der Waals surface area (Å²) >= 11 is 7.61. The Kier molecular flexibility index (Phi) is 13.6. The number of hydrogen-bond donors (Lipinski definition) is 2. The zero-order valence-electron chi connectivity index (χ0n) is 50.5. The highest BCUT2D eigenvalue weighted by Gasteiger charge is 2.24. The third kappa shape index (κ3) is 8.97. The van der Waals surface area contributed by atoms with Gasteiger partial charge in [0.2, 0.25) is 0 Å². The van der Waals surface area contributed by atoms with Crippen molar-refractivity contribution in [3.05, 3.63) is 320 Å². The summed E-state index contributed by atoms with van der Waals surface area (Å²) in [5, 5.41) is 33.9. The molecule has 20 rings (SSSR count). The molecule has 0 aliphatic rings. The van der Waals surface area contributed by atoms with Gasteiger partial charge in [-0.2, -0.15) is 0 Å². The first-order valence-electron chi connectivity index (χ1n) is 31.5. The molecule has 0 fully saturated rings. The van der Waals surface area contributed by atoms with Crippen LogP contribution in [0.15, 0.2) is 320 Å². The zero-order valence-corrected chi connectivity index (χ0v) is 53.7. The van der Waals surface area contributed by atoms with E-state index < -0.39 is 7.12 Å². The Balaban J connectivity index is 0.000000113. The van der Waals surface area contributed by atoms with E-state index in [2.05, 4.69) is 301 Å². The number of thiophene rings is 2. The largest absolute Gasteiger partial charge is 0.488 e. The summed E-state index contributed by atoms with van der Waals surface area (Å²) < 4.78 is 15.9. The lowest BCUT2D eigenvalue weighted by atomic mass is 9.80. The van der Waals surface area contributed by atoms with Gasteiger partial charge in [-0.1, -0.05) is 200 Å². The second-order valence-electron chi connectivity index (χ2n) is 23.8. The molecule has 6 aromatic heterocycles. The van der Waals surface area contributed by atoms with Crippen LogP contribution < -0.4 is 5.46 Å². The van der Waals surface area contributed by atoms with Gasteiger partial charge < -0.3 is 28.3 Å². The smallest absolute Gasteiger partial charge is 0.423 e. The van der Waals surface area contributed by atoms with Crippen LogP contribution in [0.4, 0.5) is 0 Å². The molecular formula is C84H54BBrN4O2S2. The van der Waals surface area contributed by atoms with Crippen LogP contribution in [-0.2, 0) is 0 Å². The van der Waals surface area contributed by atoms with Crippen molar-refractivity contribution >= 4 is 179 Å². The molecule has 0 saturated carbocycles. The van der Waals surface area contributed by atoms with E-state index in [0.29, 0.717) is 5.46 Å². The Hall–Kier alpha value is -10.8. The van der Waals surface area contributed by atoms with Crippen molar-refractivity contribution in [1.82, 2.24) is 18.3 Å². The third-order valence-corrected chi connectivity index (χ3v) is 21.8. The van der Waals surface area contributed by atoms with Gasteiger partial charge in [0.25, 0.3) is 0 Å². The molecule has 6 nitrogen and oxygen atoms in total. The summed E-state index contributed by atoms with van der Waals surface area (Å²) in [5.74, 6) is 0. The molecule has 0 bridgehead atoms. The summed E-state index contributed by atoms with van der Waals surface area (Å²) in [5.41, 5.74) is 17.3. The molecule has 10 heteroatoms. The zero-order chi connectivity index (χ0) is 62.5. The third-order valence-electron chi connectivity index (χ3n) is 18.5. The highest BCUT2D eigenvalue weighted by atomic mass is 79.9. The van der Waals surface area contributed by atoms with Crippen LogP contribution in [0.3, 0.4) is 0 Å². The molecule has 14 aromatic carbocycles. The Morgan fingerprint density at radius 1 is 0.277 bits per heavy atom. The van der Waals surface area contributed by atoms with Crippen LogP contribution in [0, 0.1) is 0 Å². The van der Waals surface area contributed by atoms with Crippen molar-refractivity contribution in [2.45, 2.75) is 0 Å². The van der Waals surface area contributed by atoms with Crippen LogP contribution in [0.1, 0.15) is 0 Å². The molecule has 0 aliphatic heterocycles. The fourth-order valence-corrected chi connectivity index (χ4v) is 17.6. The predicted octanol–water partition coefficient (Wildman–Crippen LogP) is 22.3. The van der Waals surface area contributed by atoms with Gasteiger partial charge in [0.15, 0.2) is 0 Å². The first-order valence-corrected chi connectivity index (χ1v) is 33.9. The molecule has 0 radical (unpaired) electrons. The SMILES string of the molecule is Brc1cc2c3ccccc3n(-c3ccccc3)c2c2c1sc1ccccc12.OB(O)c1ccc2c(c1)c1ccccc1n2-c1ccccc1.c1ccc(-n2c3ccccc3c3cc(-c4cc5c6ccccc6n(-c6ccccc6)c5c5c4sc4ccccc45)ccc32)cc1. The normalized spacial score (nSPS) is 11.8. The van der Waals surface area contributed by atoms with Crippen molar-refractivity contribution in [3.63, 3.8) is 0 Å². The molecule has 0 unspecified atom stereocenters. The number of rotatable bonds is 6. The van der Waals surface area contributed by atoms with Crippen LogP contribution in [0.25, 0.3) is 161 Å². The molecule has 0 saturated heterocycles. The Morgan fingerprint density at radius 2 is 0.617 bits per heavy atom. The van der Waals surface area contributed by atoms with Crippen LogP contribution in [0.2, 0.25) is 0 Å². The Bertz CT molecular complexity index is 6350. The van der Waals surface area contributed by atoms with Crippen LogP contribution >= 0.6 is 38.6 Å². The van der Waals surface area contributed by atoms with Gasteiger partial charge in [0.1, 0.15) is 0 Å². The maximum absolute atomic E-state index is 9.43. The van der Waals surface area contributed by atoms with Crippen LogP contribution in [-0.4, -0.2) is 35.4 Å². The van der Waals surface area contributed by atoms with E-state index in [1.165, 1.54) is 138 Å². The molecule has 444 valence electrons. The highest BCUT2D eigenvalue weighted by Crippen LogP contribution is 2.50. The minimum absolute atomic E-state index is 0.503. The number of hydrogen-bond acceptors (Lipinski definition) is 4. The summed E-state index contributed by atoms with van der Waals surface area (Å²) in [6, 6.07) is 112. The second kappa shape index (κ2) is 22.8. The standard InChI is InChI=1S/C42H26N2S.C24H14BrNS.C18H14BNO2/c1-3-13-28(14-4-1)43-36-20-10-7-17-30(36)34-25-27(23-24-38(34)43)33-26-35-31-18-8-11-21-37(31)44(29-15-5-2-6-16-29)41(35)40-32-19-9-12-22-39(32)45-42(33)40;25-19-14-18-16-10-4-6-12-20(16)26(15-8-2-1-3-9-15)23(18)22-17-11-5-7-13-21(17)27-24(19)22;21-19(22)13-10-11-18-16(12-13)15-8-4-5-9-17(15)20(18)14-6-2-1-3-7-14/h1-26H;1-14H;1-12,21-22H. The Labute approximate surface area is 556 Å². The summed E-state index contributed by atoms with van der Waals surface area (Å²) in [7, 11) is -1.46. The molecule has 2 N–H and O–H groups in total. The van der Waals surface area contributed by atoms with E-state index >= 15 is 0 Å². The van der Waals surface area contributed by atoms with E-state index in [4.69, 9.17) is 0 Å². The second-order valence-corrected chi connectivity index (χ2v) is 26.8. The molecular weight excluding hydrogens is 1250 g/mol. The fraction of sp³-hybridized carbons (Fsp3) is 0. The molecule has 6 heterocycles. The lowest BCUT2D eigenvalue weighted by Gasteiger charge is -2.11. The minimum atomic E-state index is -1.46. The number of benzene rings is 14. The number of aromatic nitrogens is 4. The van der Waals surface area contributed by atoms with Crippen molar-refractivity contribution in [1.29, 1.82) is 0 Å². The molecule has 0 spiro atoms. The Morgan fingerprint density at radius 3 is 1.09 bits per heavy atom. The molecule has 0 atom stereocenters. The highest BCUT2D eigenvalue weighted by molar-refractivity contribution is 9.10. The van der Waals surface area contributed by atoms with E-state index in [1.54, 1.807) is 6.07 Å². The minimum Gasteiger partial charge on any atom is -0.423 e. The van der Waals surface area contributed by atoms with E-state index in [-0.39, 0.29) is 0 Å². The summed E-state index contributed by atoms with van der Waals surface area (Å²) in [6.45, 7) is 0. The van der Waals surface area contributed by atoms with E-state index in [0.717, 1.165) is 27.5 Å². The van der Waals surface area contributed by atoms with Gasteiger partial charge in [0, 0.05) is 112 Å². The fourth-order valence-electron chi connectivity index (χ4n) is 14.5. The monoisotopic (exact) mass is 1300 g/mol. The predicted molar refractivity (Wildman–Crippen MR) is 405 cm³/mol. The van der Waals surface area contributed by atoms with E-state index in [9.17, 15) is 10.0 Å². The van der Waals surface area contributed by atoms with Crippen molar-refractivity contribution in [2.24, 2.45) is 0 Å². The molecule has 0 amide bonds. The maximum Gasteiger partial charge on any atom is 0.488 e. The van der Waals surface area contributed by atoms with Crippen LogP contribution in [0.5, 0.6) is 0 Å². The average molecular weight is 1310 g/mol. The first-order chi connectivity index (χ1) is 46.4. The number of halogens is 1. The molecule has 94 heavy (non-hydrogen) atoms. The lowest BCUT2D eigenvalue weighted by Crippen LogP contribution is -2.29. The molecule has 0 aliphatic carbocycles. The van der Waals surface area contributed by atoms with Gasteiger partial charge in [0.05, 0.1) is 48.8 Å². The maximum atomic E-state index is 9.43. The topological polar surface area (TPSA) is 60.2 Å². The van der Waals surface area contributed by atoms with Gasteiger partial charge in [-0.25, -0.2) is 0 Å².